The molecule has 0 aromatic heterocycles. The highest BCUT2D eigenvalue weighted by Gasteiger charge is 2.33. The van der Waals surface area contributed by atoms with Gasteiger partial charge in [-0.3, -0.25) is 4.79 Å². The lowest BCUT2D eigenvalue weighted by Crippen LogP contribution is -2.51. The average Bonchev–Trinajstić information content (AvgIpc) is 2.51. The topological polar surface area (TPSA) is 87.3 Å². The molecule has 0 bridgehead atoms. The van der Waals surface area contributed by atoms with Crippen molar-refractivity contribution in [2.45, 2.75) is 11.1 Å². The van der Waals surface area contributed by atoms with Gasteiger partial charge >= 0.3 is 0 Å². The summed E-state index contributed by atoms with van der Waals surface area (Å²) in [5.74, 6) is -2.98. The van der Waals surface area contributed by atoms with E-state index < -0.39 is 33.7 Å². The normalized spacial score (nSPS) is 18.4. The van der Waals surface area contributed by atoms with E-state index in [1.807, 2.05) is 0 Å². The number of amides is 1. The summed E-state index contributed by atoms with van der Waals surface area (Å²) < 4.78 is 52.6. The van der Waals surface area contributed by atoms with Crippen LogP contribution >= 0.6 is 11.6 Å². The number of halogens is 3. The van der Waals surface area contributed by atoms with Gasteiger partial charge in [-0.1, -0.05) is 11.6 Å². The highest BCUT2D eigenvalue weighted by molar-refractivity contribution is 7.89. The number of fused-ring (bicyclic) bond motifs is 1. The number of carbonyl (C=O) groups excluding carboxylic acids is 1. The Morgan fingerprint density at radius 2 is 1.88 bits per heavy atom. The Kier molecular flexibility index (Phi) is 4.16. The molecule has 1 aliphatic heterocycles. The molecule has 0 spiro atoms. The van der Waals surface area contributed by atoms with Crippen molar-refractivity contribution in [3.8, 4) is 0 Å². The van der Waals surface area contributed by atoms with Gasteiger partial charge in [0.15, 0.2) is 17.8 Å². The molecule has 1 aliphatic rings. The summed E-state index contributed by atoms with van der Waals surface area (Å²) in [5.41, 5.74) is 0.186. The maximum Gasteiger partial charge on any atom is 0.262 e. The van der Waals surface area contributed by atoms with E-state index in [0.29, 0.717) is 0 Å². The van der Waals surface area contributed by atoms with Crippen molar-refractivity contribution < 1.29 is 22.0 Å². The average molecular weight is 374 g/mol. The van der Waals surface area contributed by atoms with E-state index >= 15 is 0 Å². The molecular weight excluding hydrogens is 364 g/mol. The lowest BCUT2D eigenvalue weighted by atomic mass is 10.2. The molecule has 0 fully saturated rings. The smallest absolute Gasteiger partial charge is 0.262 e. The van der Waals surface area contributed by atoms with Gasteiger partial charge in [-0.2, -0.15) is 4.72 Å². The number of benzene rings is 2. The van der Waals surface area contributed by atoms with Gasteiger partial charge in [-0.05, 0) is 30.3 Å². The van der Waals surface area contributed by atoms with Crippen LogP contribution in [-0.2, 0) is 14.8 Å². The van der Waals surface area contributed by atoms with Crippen LogP contribution in [0.25, 0.3) is 0 Å². The molecule has 1 heterocycles. The second-order valence-electron chi connectivity index (χ2n) is 4.96. The van der Waals surface area contributed by atoms with E-state index in [-0.39, 0.29) is 21.3 Å². The predicted octanol–water partition coefficient (Wildman–Crippen LogP) is 2.29. The van der Waals surface area contributed by atoms with Gasteiger partial charge in [0.2, 0.25) is 10.0 Å². The number of nitrogens with one attached hydrogen (secondary N) is 3. The number of rotatable bonds is 2. The Hall–Kier alpha value is -2.23. The minimum Gasteiger partial charge on any atom is -0.360 e. The standard InChI is InChI=1S/C14H10ClF2N3O3S/c15-7-1-4-11-12(5-7)24(22,23)20-13(19-11)14(21)18-8-2-3-9(16)10(17)6-8/h1-6,13,19-20H,(H,18,21)/t13-/m0/s1. The molecule has 0 aliphatic carbocycles. The Bertz CT molecular complexity index is 937. The van der Waals surface area contributed by atoms with Crippen molar-refractivity contribution >= 4 is 38.9 Å². The second-order valence-corrected chi connectivity index (χ2v) is 7.08. The highest BCUT2D eigenvalue weighted by Crippen LogP contribution is 2.29. The molecule has 6 nitrogen and oxygen atoms in total. The van der Waals surface area contributed by atoms with Gasteiger partial charge in [0.05, 0.1) is 5.69 Å². The van der Waals surface area contributed by atoms with Gasteiger partial charge < -0.3 is 10.6 Å². The zero-order valence-electron chi connectivity index (χ0n) is 11.8. The van der Waals surface area contributed by atoms with Crippen molar-refractivity contribution in [3.63, 3.8) is 0 Å². The van der Waals surface area contributed by atoms with Crippen LogP contribution in [0.5, 0.6) is 0 Å². The number of hydrogen-bond donors (Lipinski definition) is 3. The fourth-order valence-corrected chi connectivity index (χ4v) is 3.69. The van der Waals surface area contributed by atoms with Crippen LogP contribution in [0.4, 0.5) is 20.2 Å². The maximum atomic E-state index is 13.2. The van der Waals surface area contributed by atoms with Crippen LogP contribution in [0.1, 0.15) is 0 Å². The summed E-state index contributed by atoms with van der Waals surface area (Å²) in [6, 6.07) is 6.93. The zero-order valence-corrected chi connectivity index (χ0v) is 13.4. The zero-order chi connectivity index (χ0) is 17.5. The van der Waals surface area contributed by atoms with Gasteiger partial charge in [0.25, 0.3) is 5.91 Å². The molecular formula is C14H10ClF2N3O3S. The van der Waals surface area contributed by atoms with Crippen LogP contribution in [-0.4, -0.2) is 20.5 Å². The minimum atomic E-state index is -3.96. The van der Waals surface area contributed by atoms with E-state index in [1.165, 1.54) is 18.2 Å². The van der Waals surface area contributed by atoms with Crippen LogP contribution < -0.4 is 15.4 Å². The molecule has 1 atom stereocenters. The minimum absolute atomic E-state index is 0.0122. The van der Waals surface area contributed by atoms with Crippen molar-refractivity contribution in [3.05, 3.63) is 53.1 Å². The SMILES string of the molecule is O=C(Nc1ccc(F)c(F)c1)[C@H]1Nc2ccc(Cl)cc2S(=O)(=O)N1. The van der Waals surface area contributed by atoms with Crippen LogP contribution in [0.15, 0.2) is 41.3 Å². The molecule has 0 unspecified atom stereocenters. The van der Waals surface area contributed by atoms with Gasteiger partial charge in [0.1, 0.15) is 4.90 Å². The molecule has 126 valence electrons. The lowest BCUT2D eigenvalue weighted by Gasteiger charge is -2.27. The van der Waals surface area contributed by atoms with Crippen molar-refractivity contribution in [2.75, 3.05) is 10.6 Å². The molecule has 0 radical (unpaired) electrons. The molecule has 2 aromatic carbocycles. The molecule has 1 amide bonds. The third-order valence-electron chi connectivity index (χ3n) is 3.26. The van der Waals surface area contributed by atoms with E-state index in [1.54, 1.807) is 0 Å². The molecule has 24 heavy (non-hydrogen) atoms. The summed E-state index contributed by atoms with van der Waals surface area (Å²) in [7, 11) is -3.96. The third kappa shape index (κ3) is 3.18. The Labute approximate surface area is 140 Å². The number of anilines is 2. The molecule has 3 N–H and O–H groups in total. The Morgan fingerprint density at radius 1 is 1.12 bits per heavy atom. The van der Waals surface area contributed by atoms with E-state index in [0.717, 1.165) is 18.2 Å². The molecule has 0 saturated heterocycles. The van der Waals surface area contributed by atoms with Crippen LogP contribution in [0, 0.1) is 11.6 Å². The first-order valence-electron chi connectivity index (χ1n) is 6.60. The summed E-state index contributed by atoms with van der Waals surface area (Å²) in [6.07, 6.45) is -1.32. The molecule has 0 saturated carbocycles. The maximum absolute atomic E-state index is 13.2. The van der Waals surface area contributed by atoms with Crippen molar-refractivity contribution in [1.29, 1.82) is 0 Å². The monoisotopic (exact) mass is 373 g/mol. The third-order valence-corrected chi connectivity index (χ3v) is 4.95. The predicted molar refractivity (Wildman–Crippen MR) is 84.2 cm³/mol. The Morgan fingerprint density at radius 3 is 2.58 bits per heavy atom. The molecule has 2 aromatic rings. The first kappa shape index (κ1) is 16.6. The second kappa shape index (κ2) is 6.00. The van der Waals surface area contributed by atoms with E-state index in [2.05, 4.69) is 15.4 Å². The fourth-order valence-electron chi connectivity index (χ4n) is 2.15. The number of hydrogen-bond acceptors (Lipinski definition) is 4. The van der Waals surface area contributed by atoms with E-state index in [9.17, 15) is 22.0 Å². The van der Waals surface area contributed by atoms with Crippen molar-refractivity contribution in [2.24, 2.45) is 0 Å². The van der Waals surface area contributed by atoms with Crippen LogP contribution in [0.2, 0.25) is 5.02 Å². The number of sulfonamides is 1. The largest absolute Gasteiger partial charge is 0.360 e. The van der Waals surface area contributed by atoms with E-state index in [4.69, 9.17) is 11.6 Å². The summed E-state index contributed by atoms with van der Waals surface area (Å²) in [4.78, 5) is 12.1. The van der Waals surface area contributed by atoms with Crippen LogP contribution in [0.3, 0.4) is 0 Å². The summed E-state index contributed by atoms with van der Waals surface area (Å²) in [6.45, 7) is 0. The summed E-state index contributed by atoms with van der Waals surface area (Å²) >= 11 is 5.77. The fraction of sp³-hybridized carbons (Fsp3) is 0.0714. The Balaban J connectivity index is 1.84. The number of carbonyl (C=O) groups is 1. The van der Waals surface area contributed by atoms with Gasteiger partial charge in [0, 0.05) is 16.8 Å². The first-order valence-corrected chi connectivity index (χ1v) is 8.47. The quantitative estimate of drug-likeness (QED) is 0.753. The summed E-state index contributed by atoms with van der Waals surface area (Å²) in [5, 5.41) is 5.22. The molecule has 10 heteroatoms. The first-order chi connectivity index (χ1) is 11.3. The van der Waals surface area contributed by atoms with Gasteiger partial charge in [-0.15, -0.1) is 0 Å². The van der Waals surface area contributed by atoms with Crippen molar-refractivity contribution in [1.82, 2.24) is 4.72 Å². The molecule has 3 rings (SSSR count). The lowest BCUT2D eigenvalue weighted by molar-refractivity contribution is -0.117. The highest BCUT2D eigenvalue weighted by atomic mass is 35.5. The van der Waals surface area contributed by atoms with Gasteiger partial charge in [-0.25, -0.2) is 17.2 Å².